The van der Waals surface area contributed by atoms with Crippen molar-refractivity contribution in [1.29, 1.82) is 0 Å². The maximum Gasteiger partial charge on any atom is 0.00932 e. The summed E-state index contributed by atoms with van der Waals surface area (Å²) in [6, 6.07) is 1.28. The molecule has 2 N–H and O–H groups in total. The molecule has 112 valence electrons. The van der Waals surface area contributed by atoms with Crippen LogP contribution in [0.1, 0.15) is 66.2 Å². The Morgan fingerprint density at radius 2 is 1.89 bits per heavy atom. The lowest BCUT2D eigenvalue weighted by molar-refractivity contribution is 0.0945. The molecule has 2 aliphatic rings. The SMILES string of the molecule is CCC1CCCN1CC1CC(C(C)(C)C)CCC1N. The Labute approximate surface area is 120 Å². The van der Waals surface area contributed by atoms with Crippen LogP contribution in [0.3, 0.4) is 0 Å². The van der Waals surface area contributed by atoms with Crippen molar-refractivity contribution in [3.8, 4) is 0 Å². The predicted octanol–water partition coefficient (Wildman–Crippen LogP) is 3.65. The number of hydrogen-bond acceptors (Lipinski definition) is 2. The second-order valence-electron chi connectivity index (χ2n) is 8.00. The minimum atomic E-state index is 0.441. The van der Waals surface area contributed by atoms with Gasteiger partial charge < -0.3 is 10.6 Å². The van der Waals surface area contributed by atoms with Crippen molar-refractivity contribution in [3.63, 3.8) is 0 Å². The van der Waals surface area contributed by atoms with E-state index in [0.717, 1.165) is 17.9 Å². The molecule has 19 heavy (non-hydrogen) atoms. The van der Waals surface area contributed by atoms with Crippen molar-refractivity contribution in [1.82, 2.24) is 4.90 Å². The van der Waals surface area contributed by atoms with E-state index in [4.69, 9.17) is 5.73 Å². The summed E-state index contributed by atoms with van der Waals surface area (Å²) in [6.07, 6.45) is 8.02. The van der Waals surface area contributed by atoms with Crippen LogP contribution < -0.4 is 5.73 Å². The topological polar surface area (TPSA) is 29.3 Å². The van der Waals surface area contributed by atoms with E-state index >= 15 is 0 Å². The fraction of sp³-hybridized carbons (Fsp3) is 1.00. The summed E-state index contributed by atoms with van der Waals surface area (Å²) in [5.41, 5.74) is 6.87. The number of likely N-dealkylation sites (tertiary alicyclic amines) is 1. The Kier molecular flexibility index (Phi) is 4.94. The van der Waals surface area contributed by atoms with Gasteiger partial charge in [0.25, 0.3) is 0 Å². The average Bonchev–Trinajstić information content (AvgIpc) is 2.77. The Balaban J connectivity index is 1.94. The minimum Gasteiger partial charge on any atom is -0.327 e. The second-order valence-corrected chi connectivity index (χ2v) is 8.00. The second kappa shape index (κ2) is 6.13. The third-order valence-corrected chi connectivity index (χ3v) is 5.71. The molecule has 4 atom stereocenters. The van der Waals surface area contributed by atoms with Gasteiger partial charge in [-0.2, -0.15) is 0 Å². The molecule has 2 heteroatoms. The molecule has 0 aromatic heterocycles. The Bertz CT molecular complexity index is 281. The summed E-state index contributed by atoms with van der Waals surface area (Å²) in [7, 11) is 0. The first-order valence-corrected chi connectivity index (χ1v) is 8.41. The summed E-state index contributed by atoms with van der Waals surface area (Å²) in [5, 5.41) is 0. The third-order valence-electron chi connectivity index (χ3n) is 5.71. The highest BCUT2D eigenvalue weighted by Gasteiger charge is 2.36. The molecule has 0 amide bonds. The number of nitrogens with two attached hydrogens (primary N) is 1. The molecule has 1 saturated heterocycles. The zero-order chi connectivity index (χ0) is 14.0. The van der Waals surface area contributed by atoms with Crippen molar-refractivity contribution < 1.29 is 0 Å². The summed E-state index contributed by atoms with van der Waals surface area (Å²) in [4.78, 5) is 2.73. The third kappa shape index (κ3) is 3.72. The van der Waals surface area contributed by atoms with Crippen LogP contribution in [0.5, 0.6) is 0 Å². The molecule has 2 rings (SSSR count). The van der Waals surface area contributed by atoms with Crippen molar-refractivity contribution in [3.05, 3.63) is 0 Å². The van der Waals surface area contributed by atoms with E-state index in [-0.39, 0.29) is 0 Å². The van der Waals surface area contributed by atoms with Gasteiger partial charge >= 0.3 is 0 Å². The first-order valence-electron chi connectivity index (χ1n) is 8.41. The molecular formula is C17H34N2. The average molecular weight is 266 g/mol. The molecule has 4 unspecified atom stereocenters. The van der Waals surface area contributed by atoms with Gasteiger partial charge in [0.2, 0.25) is 0 Å². The molecular weight excluding hydrogens is 232 g/mol. The van der Waals surface area contributed by atoms with Crippen LogP contribution in [0.4, 0.5) is 0 Å². The number of rotatable bonds is 3. The zero-order valence-electron chi connectivity index (χ0n) is 13.5. The van der Waals surface area contributed by atoms with Crippen molar-refractivity contribution in [2.45, 2.75) is 78.3 Å². The summed E-state index contributed by atoms with van der Waals surface area (Å²) >= 11 is 0. The predicted molar refractivity (Wildman–Crippen MR) is 83.1 cm³/mol. The van der Waals surface area contributed by atoms with E-state index in [1.165, 1.54) is 51.6 Å². The van der Waals surface area contributed by atoms with E-state index in [1.54, 1.807) is 0 Å². The molecule has 1 aliphatic carbocycles. The fourth-order valence-electron chi connectivity index (χ4n) is 4.18. The molecule has 0 bridgehead atoms. The zero-order valence-corrected chi connectivity index (χ0v) is 13.5. The smallest absolute Gasteiger partial charge is 0.00932 e. The maximum absolute atomic E-state index is 6.42. The van der Waals surface area contributed by atoms with Crippen LogP contribution in [0.15, 0.2) is 0 Å². The van der Waals surface area contributed by atoms with E-state index in [1.807, 2.05) is 0 Å². The minimum absolute atomic E-state index is 0.441. The normalized spacial score (nSPS) is 37.7. The van der Waals surface area contributed by atoms with Crippen LogP contribution >= 0.6 is 0 Å². The molecule has 2 nitrogen and oxygen atoms in total. The first kappa shape index (κ1) is 15.3. The molecule has 0 radical (unpaired) electrons. The van der Waals surface area contributed by atoms with Gasteiger partial charge in [-0.05, 0) is 62.3 Å². The van der Waals surface area contributed by atoms with Crippen molar-refractivity contribution in [2.75, 3.05) is 13.1 Å². The summed E-state index contributed by atoms with van der Waals surface area (Å²) in [6.45, 7) is 12.1. The van der Waals surface area contributed by atoms with Gasteiger partial charge in [-0.3, -0.25) is 0 Å². The van der Waals surface area contributed by atoms with Gasteiger partial charge in [-0.25, -0.2) is 0 Å². The molecule has 0 aromatic carbocycles. The van der Waals surface area contributed by atoms with E-state index in [2.05, 4.69) is 32.6 Å². The summed E-state index contributed by atoms with van der Waals surface area (Å²) in [5.74, 6) is 1.59. The maximum atomic E-state index is 6.42. The quantitative estimate of drug-likeness (QED) is 0.845. The van der Waals surface area contributed by atoms with E-state index in [9.17, 15) is 0 Å². The highest BCUT2D eigenvalue weighted by atomic mass is 15.2. The van der Waals surface area contributed by atoms with Crippen molar-refractivity contribution in [2.24, 2.45) is 23.0 Å². The monoisotopic (exact) mass is 266 g/mol. The van der Waals surface area contributed by atoms with Crippen LogP contribution in [-0.2, 0) is 0 Å². The van der Waals surface area contributed by atoms with Crippen LogP contribution in [0.25, 0.3) is 0 Å². The van der Waals surface area contributed by atoms with Gasteiger partial charge in [0, 0.05) is 18.6 Å². The van der Waals surface area contributed by atoms with Crippen molar-refractivity contribution >= 4 is 0 Å². The van der Waals surface area contributed by atoms with Crippen LogP contribution in [0, 0.1) is 17.3 Å². The van der Waals surface area contributed by atoms with E-state index < -0.39 is 0 Å². The lowest BCUT2D eigenvalue weighted by Gasteiger charge is -2.42. The Morgan fingerprint density at radius 1 is 1.16 bits per heavy atom. The number of nitrogens with zero attached hydrogens (tertiary/aromatic N) is 1. The van der Waals surface area contributed by atoms with Gasteiger partial charge in [0.05, 0.1) is 0 Å². The number of hydrogen-bond donors (Lipinski definition) is 1. The van der Waals surface area contributed by atoms with E-state index in [0.29, 0.717) is 11.5 Å². The highest BCUT2D eigenvalue weighted by molar-refractivity contribution is 4.90. The van der Waals surface area contributed by atoms with Gasteiger partial charge in [-0.1, -0.05) is 27.7 Å². The first-order chi connectivity index (χ1) is 8.91. The lowest BCUT2D eigenvalue weighted by Crippen LogP contribution is -2.46. The molecule has 0 spiro atoms. The van der Waals surface area contributed by atoms with Gasteiger partial charge in [0.1, 0.15) is 0 Å². The van der Waals surface area contributed by atoms with Crippen LogP contribution in [-0.4, -0.2) is 30.1 Å². The van der Waals surface area contributed by atoms with Gasteiger partial charge in [0.15, 0.2) is 0 Å². The molecule has 0 aromatic rings. The Morgan fingerprint density at radius 3 is 2.53 bits per heavy atom. The highest BCUT2D eigenvalue weighted by Crippen LogP contribution is 2.40. The molecule has 1 aliphatic heterocycles. The lowest BCUT2D eigenvalue weighted by atomic mass is 9.67. The standard InChI is InChI=1S/C17H34N2/c1-5-15-7-6-10-19(15)12-13-11-14(17(2,3)4)8-9-16(13)18/h13-16H,5-12,18H2,1-4H3. The largest absolute Gasteiger partial charge is 0.327 e. The fourth-order valence-corrected chi connectivity index (χ4v) is 4.18. The molecule has 1 heterocycles. The Hall–Kier alpha value is -0.0800. The van der Waals surface area contributed by atoms with Gasteiger partial charge in [-0.15, -0.1) is 0 Å². The molecule has 1 saturated carbocycles. The summed E-state index contributed by atoms with van der Waals surface area (Å²) < 4.78 is 0. The van der Waals surface area contributed by atoms with Crippen LogP contribution in [0.2, 0.25) is 0 Å². The molecule has 2 fully saturated rings.